The van der Waals surface area contributed by atoms with E-state index in [4.69, 9.17) is 0 Å². The van der Waals surface area contributed by atoms with Crippen molar-refractivity contribution in [3.05, 3.63) is 24.3 Å². The van der Waals surface area contributed by atoms with Crippen molar-refractivity contribution in [2.45, 2.75) is 50.3 Å². The topological polar surface area (TPSA) is 108 Å². The van der Waals surface area contributed by atoms with Crippen LogP contribution in [0.1, 0.15) is 45.4 Å². The number of hydrogen-bond donors (Lipinski definition) is 2. The minimum Gasteiger partial charge on any atom is -0.342 e. The molecule has 9 heteroatoms. The number of rotatable bonds is 4. The normalized spacial score (nSPS) is 20.4. The molecule has 8 nitrogen and oxygen atoms in total. The average molecular weight is 421 g/mol. The number of benzene rings is 1. The third kappa shape index (κ3) is 5.79. The highest BCUT2D eigenvalue weighted by Gasteiger charge is 2.27. The lowest BCUT2D eigenvalue weighted by atomic mass is 9.97. The van der Waals surface area contributed by atoms with Crippen LogP contribution in [0, 0.1) is 5.92 Å². The van der Waals surface area contributed by atoms with Crippen LogP contribution in [0.5, 0.6) is 0 Å². The Bertz CT molecular complexity index is 897. The predicted molar refractivity (Wildman–Crippen MR) is 111 cm³/mol. The van der Waals surface area contributed by atoms with Crippen LogP contribution < -0.4 is 10.0 Å². The van der Waals surface area contributed by atoms with Crippen molar-refractivity contribution in [1.29, 1.82) is 0 Å². The number of anilines is 1. The first-order valence-corrected chi connectivity index (χ1v) is 11.6. The molecular formula is C20H28N4O4S. The summed E-state index contributed by atoms with van der Waals surface area (Å²) in [6.07, 6.45) is 5.01. The Kier molecular flexibility index (Phi) is 6.89. The monoisotopic (exact) mass is 420 g/mol. The van der Waals surface area contributed by atoms with E-state index in [1.54, 1.807) is 17.0 Å². The fourth-order valence-electron chi connectivity index (χ4n) is 3.63. The van der Waals surface area contributed by atoms with Crippen molar-refractivity contribution in [3.63, 3.8) is 0 Å². The van der Waals surface area contributed by atoms with Gasteiger partial charge in [-0.15, -0.1) is 0 Å². The minimum absolute atomic E-state index is 0.0388. The summed E-state index contributed by atoms with van der Waals surface area (Å²) >= 11 is 0. The highest BCUT2D eigenvalue weighted by atomic mass is 32.2. The van der Waals surface area contributed by atoms with Gasteiger partial charge in [-0.25, -0.2) is 8.42 Å². The van der Waals surface area contributed by atoms with Gasteiger partial charge in [0.1, 0.15) is 5.84 Å². The smallest absolute Gasteiger partial charge is 0.262 e. The molecule has 3 rings (SSSR count). The summed E-state index contributed by atoms with van der Waals surface area (Å²) in [6.45, 7) is 3.19. The van der Waals surface area contributed by atoms with Gasteiger partial charge in [-0.2, -0.15) is 0 Å². The number of hydrogen-bond acceptors (Lipinski definition) is 5. The van der Waals surface area contributed by atoms with Crippen LogP contribution >= 0.6 is 0 Å². The van der Waals surface area contributed by atoms with Crippen LogP contribution in [0.25, 0.3) is 0 Å². The van der Waals surface area contributed by atoms with E-state index in [1.807, 2.05) is 0 Å². The first kappa shape index (κ1) is 21.3. The maximum Gasteiger partial charge on any atom is 0.262 e. The zero-order valence-electron chi connectivity index (χ0n) is 16.7. The van der Waals surface area contributed by atoms with Gasteiger partial charge < -0.3 is 10.2 Å². The van der Waals surface area contributed by atoms with Crippen LogP contribution in [0.2, 0.25) is 0 Å². The van der Waals surface area contributed by atoms with Gasteiger partial charge in [-0.1, -0.05) is 12.5 Å². The summed E-state index contributed by atoms with van der Waals surface area (Å²) in [5, 5.41) is 2.80. The number of sulfonamides is 1. The lowest BCUT2D eigenvalue weighted by molar-refractivity contribution is -0.132. The summed E-state index contributed by atoms with van der Waals surface area (Å²) in [5.41, 5.74) is 0.417. The molecule has 1 atom stereocenters. The van der Waals surface area contributed by atoms with Gasteiger partial charge >= 0.3 is 0 Å². The van der Waals surface area contributed by atoms with Crippen molar-refractivity contribution >= 4 is 33.4 Å². The molecule has 1 aromatic carbocycles. The molecular weight excluding hydrogens is 392 g/mol. The van der Waals surface area contributed by atoms with Crippen LogP contribution in [0.4, 0.5) is 5.69 Å². The number of amidine groups is 1. The molecule has 1 aromatic rings. The van der Waals surface area contributed by atoms with E-state index in [9.17, 15) is 18.0 Å². The minimum atomic E-state index is -3.76. The maximum atomic E-state index is 12.7. The van der Waals surface area contributed by atoms with Crippen molar-refractivity contribution < 1.29 is 18.0 Å². The summed E-state index contributed by atoms with van der Waals surface area (Å²) in [6, 6.07) is 6.20. The lowest BCUT2D eigenvalue weighted by Crippen LogP contribution is -2.42. The molecule has 29 heavy (non-hydrogen) atoms. The van der Waals surface area contributed by atoms with Gasteiger partial charge in [-0.3, -0.25) is 19.3 Å². The average Bonchev–Trinajstić information content (AvgIpc) is 2.96. The molecule has 2 aliphatic rings. The Morgan fingerprint density at radius 2 is 2.00 bits per heavy atom. The van der Waals surface area contributed by atoms with Crippen molar-refractivity contribution in [2.75, 3.05) is 25.0 Å². The van der Waals surface area contributed by atoms with E-state index >= 15 is 0 Å². The fourth-order valence-corrected chi connectivity index (χ4v) is 4.77. The van der Waals surface area contributed by atoms with Crippen molar-refractivity contribution in [2.24, 2.45) is 10.9 Å². The number of carbonyl (C=O) groups is 2. The Hall–Kier alpha value is -2.42. The number of nitrogens with one attached hydrogen (secondary N) is 2. The van der Waals surface area contributed by atoms with Crippen LogP contribution in [0.3, 0.4) is 0 Å². The maximum absolute atomic E-state index is 12.7. The number of amides is 2. The standard InChI is InChI=1S/C20H28N4O4S/c1-15(25)24-12-6-7-16(14-24)20(26)22-17-8-5-9-18(13-17)29(27,28)23-19-10-3-2-4-11-21-19/h5,8-9,13,16H,2-4,6-7,10-12,14H2,1H3,(H,21,23)(H,22,26)/t16-/m0/s1. The molecule has 0 bridgehead atoms. The number of carbonyl (C=O) groups excluding carboxylic acids is 2. The molecule has 1 fully saturated rings. The van der Waals surface area contributed by atoms with Gasteiger partial charge in [-0.05, 0) is 43.9 Å². The van der Waals surface area contributed by atoms with Crippen LogP contribution in [-0.2, 0) is 19.6 Å². The number of aliphatic imine (C=N–C) groups is 1. The molecule has 2 N–H and O–H groups in total. The molecule has 2 heterocycles. The highest BCUT2D eigenvalue weighted by molar-refractivity contribution is 7.90. The second-order valence-electron chi connectivity index (χ2n) is 7.57. The molecule has 0 aliphatic carbocycles. The molecule has 0 spiro atoms. The SMILES string of the molecule is CC(=O)N1CCC[C@H](C(=O)Nc2cccc(S(=O)(=O)NC3=NCCCCC3)c2)C1. The molecule has 158 valence electrons. The molecule has 2 aliphatic heterocycles. The Morgan fingerprint density at radius 1 is 1.17 bits per heavy atom. The van der Waals surface area contributed by atoms with E-state index in [0.717, 1.165) is 25.7 Å². The molecule has 0 unspecified atom stereocenters. The second-order valence-corrected chi connectivity index (χ2v) is 9.25. The highest BCUT2D eigenvalue weighted by Crippen LogP contribution is 2.21. The summed E-state index contributed by atoms with van der Waals surface area (Å²) in [7, 11) is -3.76. The van der Waals surface area contributed by atoms with Crippen LogP contribution in [0.15, 0.2) is 34.2 Å². The summed E-state index contributed by atoms with van der Waals surface area (Å²) in [5.74, 6) is -0.0513. The third-order valence-corrected chi connectivity index (χ3v) is 6.65. The van der Waals surface area contributed by atoms with Crippen molar-refractivity contribution in [3.8, 4) is 0 Å². The van der Waals surface area contributed by atoms with Gasteiger partial charge in [0.25, 0.3) is 10.0 Å². The Labute approximate surface area is 171 Å². The zero-order valence-corrected chi connectivity index (χ0v) is 17.5. The van der Waals surface area contributed by atoms with E-state index in [2.05, 4.69) is 15.0 Å². The van der Waals surface area contributed by atoms with Gasteiger partial charge in [0.05, 0.1) is 10.8 Å². The number of likely N-dealkylation sites (tertiary alicyclic amines) is 1. The molecule has 2 amide bonds. The molecule has 0 aromatic heterocycles. The van der Waals surface area contributed by atoms with Gasteiger partial charge in [0, 0.05) is 38.7 Å². The number of nitrogens with zero attached hydrogens (tertiary/aromatic N) is 2. The van der Waals surface area contributed by atoms with Crippen molar-refractivity contribution in [1.82, 2.24) is 9.62 Å². The Morgan fingerprint density at radius 3 is 2.79 bits per heavy atom. The zero-order chi connectivity index (χ0) is 20.9. The molecule has 0 radical (unpaired) electrons. The number of piperidine rings is 1. The van der Waals surface area contributed by atoms with Gasteiger partial charge in [0.15, 0.2) is 0 Å². The van der Waals surface area contributed by atoms with Gasteiger partial charge in [0.2, 0.25) is 11.8 Å². The first-order chi connectivity index (χ1) is 13.8. The first-order valence-electron chi connectivity index (χ1n) is 10.1. The quantitative estimate of drug-likeness (QED) is 0.778. The predicted octanol–water partition coefficient (Wildman–Crippen LogP) is 2.13. The van der Waals surface area contributed by atoms with E-state index in [0.29, 0.717) is 44.0 Å². The summed E-state index contributed by atoms with van der Waals surface area (Å²) < 4.78 is 28.0. The summed E-state index contributed by atoms with van der Waals surface area (Å²) in [4.78, 5) is 30.3. The Balaban J connectivity index is 1.68. The van der Waals surface area contributed by atoms with E-state index in [-0.39, 0.29) is 22.6 Å². The fraction of sp³-hybridized carbons (Fsp3) is 0.550. The van der Waals surface area contributed by atoms with E-state index < -0.39 is 10.0 Å². The van der Waals surface area contributed by atoms with Crippen LogP contribution in [-0.4, -0.2) is 50.6 Å². The lowest BCUT2D eigenvalue weighted by Gasteiger charge is -2.31. The third-order valence-electron chi connectivity index (χ3n) is 5.28. The molecule has 0 saturated carbocycles. The largest absolute Gasteiger partial charge is 0.342 e. The second kappa shape index (κ2) is 9.39. The molecule has 1 saturated heterocycles. The van der Waals surface area contributed by atoms with E-state index in [1.165, 1.54) is 19.1 Å².